The minimum Gasteiger partial charge on any atom is -0.0843 e. The third-order valence-electron chi connectivity index (χ3n) is 4.77. The first kappa shape index (κ1) is 12.0. The van der Waals surface area contributed by atoms with Crippen LogP contribution in [0.2, 0.25) is 5.02 Å². The largest absolute Gasteiger partial charge is 0.0843 e. The summed E-state index contributed by atoms with van der Waals surface area (Å²) in [5.41, 5.74) is 1.97. The van der Waals surface area contributed by atoms with Crippen LogP contribution in [0.5, 0.6) is 0 Å². The van der Waals surface area contributed by atoms with Gasteiger partial charge in [0.1, 0.15) is 0 Å². The highest BCUT2D eigenvalue weighted by Gasteiger charge is 2.48. The summed E-state index contributed by atoms with van der Waals surface area (Å²) in [5.74, 6) is 0.887. The first-order chi connectivity index (χ1) is 7.35. The molecule has 0 unspecified atom stereocenters. The Labute approximate surface area is 104 Å². The standard InChI is InChI=1S/C15H21Cl/c1-14(2,11-5-6-11)15(3,4)12-7-9-13(16)10-8-12/h7-11H,5-6H2,1-4H3. The second-order valence-electron chi connectivity index (χ2n) is 6.13. The second-order valence-corrected chi connectivity index (χ2v) is 6.56. The van der Waals surface area contributed by atoms with Crippen LogP contribution < -0.4 is 0 Å². The average molecular weight is 237 g/mol. The summed E-state index contributed by atoms with van der Waals surface area (Å²) < 4.78 is 0. The SMILES string of the molecule is CC(C)(c1ccc(Cl)cc1)C(C)(C)C1CC1. The molecule has 16 heavy (non-hydrogen) atoms. The molecule has 0 radical (unpaired) electrons. The number of halogens is 1. The van der Waals surface area contributed by atoms with Gasteiger partial charge in [-0.2, -0.15) is 0 Å². The molecule has 2 rings (SSSR count). The Morgan fingerprint density at radius 1 is 1.00 bits per heavy atom. The quantitative estimate of drug-likeness (QED) is 0.689. The third kappa shape index (κ3) is 1.88. The Bertz CT molecular complexity index is 369. The summed E-state index contributed by atoms with van der Waals surface area (Å²) in [6.07, 6.45) is 2.79. The zero-order valence-electron chi connectivity index (χ0n) is 10.7. The van der Waals surface area contributed by atoms with Gasteiger partial charge in [-0.3, -0.25) is 0 Å². The van der Waals surface area contributed by atoms with E-state index in [2.05, 4.69) is 39.8 Å². The van der Waals surface area contributed by atoms with E-state index in [1.54, 1.807) is 0 Å². The van der Waals surface area contributed by atoms with Crippen molar-refractivity contribution in [1.29, 1.82) is 0 Å². The highest BCUT2D eigenvalue weighted by atomic mass is 35.5. The molecule has 0 aliphatic heterocycles. The van der Waals surface area contributed by atoms with Crippen LogP contribution in [-0.2, 0) is 5.41 Å². The van der Waals surface area contributed by atoms with Crippen LogP contribution in [-0.4, -0.2) is 0 Å². The lowest BCUT2D eigenvalue weighted by Crippen LogP contribution is -2.38. The van der Waals surface area contributed by atoms with Gasteiger partial charge in [-0.25, -0.2) is 0 Å². The van der Waals surface area contributed by atoms with Crippen LogP contribution in [0.25, 0.3) is 0 Å². The van der Waals surface area contributed by atoms with E-state index in [9.17, 15) is 0 Å². The summed E-state index contributed by atoms with van der Waals surface area (Å²) in [5, 5.41) is 0.823. The summed E-state index contributed by atoms with van der Waals surface area (Å²) >= 11 is 5.95. The minimum absolute atomic E-state index is 0.207. The Hall–Kier alpha value is -0.490. The van der Waals surface area contributed by atoms with Crippen molar-refractivity contribution in [2.75, 3.05) is 0 Å². The topological polar surface area (TPSA) is 0 Å². The Kier molecular flexibility index (Phi) is 2.82. The van der Waals surface area contributed by atoms with Gasteiger partial charge in [0.2, 0.25) is 0 Å². The van der Waals surface area contributed by atoms with Gasteiger partial charge < -0.3 is 0 Å². The van der Waals surface area contributed by atoms with Crippen LogP contribution >= 0.6 is 11.6 Å². The molecule has 88 valence electrons. The fourth-order valence-electron chi connectivity index (χ4n) is 2.55. The number of hydrogen-bond donors (Lipinski definition) is 0. The zero-order valence-corrected chi connectivity index (χ0v) is 11.4. The molecule has 0 spiro atoms. The van der Waals surface area contributed by atoms with Crippen molar-refractivity contribution in [1.82, 2.24) is 0 Å². The molecule has 1 aliphatic carbocycles. The van der Waals surface area contributed by atoms with Crippen molar-refractivity contribution in [3.8, 4) is 0 Å². The van der Waals surface area contributed by atoms with Crippen molar-refractivity contribution in [3.05, 3.63) is 34.9 Å². The molecule has 0 heterocycles. The number of rotatable bonds is 3. The lowest BCUT2D eigenvalue weighted by Gasteiger charge is -2.43. The molecule has 0 N–H and O–H groups in total. The minimum atomic E-state index is 0.207. The van der Waals surface area contributed by atoms with Crippen LogP contribution in [0.3, 0.4) is 0 Å². The van der Waals surface area contributed by atoms with Gasteiger partial charge in [-0.05, 0) is 47.3 Å². The smallest absolute Gasteiger partial charge is 0.0406 e. The third-order valence-corrected chi connectivity index (χ3v) is 5.03. The predicted octanol–water partition coefficient (Wildman–Crippen LogP) is 5.05. The fraction of sp³-hybridized carbons (Fsp3) is 0.600. The molecule has 0 nitrogen and oxygen atoms in total. The second kappa shape index (κ2) is 3.77. The molecule has 0 aromatic heterocycles. The first-order valence-corrected chi connectivity index (χ1v) is 6.49. The van der Waals surface area contributed by atoms with E-state index in [1.165, 1.54) is 18.4 Å². The van der Waals surface area contributed by atoms with E-state index >= 15 is 0 Å². The maximum absolute atomic E-state index is 5.95. The Morgan fingerprint density at radius 2 is 1.50 bits per heavy atom. The van der Waals surface area contributed by atoms with Crippen molar-refractivity contribution in [2.24, 2.45) is 11.3 Å². The van der Waals surface area contributed by atoms with E-state index in [4.69, 9.17) is 11.6 Å². The Balaban J connectivity index is 2.33. The molecule has 1 heteroatoms. The molecule has 0 atom stereocenters. The van der Waals surface area contributed by atoms with E-state index in [0.717, 1.165) is 10.9 Å². The van der Waals surface area contributed by atoms with E-state index in [1.807, 2.05) is 12.1 Å². The molecule has 1 aromatic carbocycles. The lowest BCUT2D eigenvalue weighted by molar-refractivity contribution is 0.162. The van der Waals surface area contributed by atoms with Crippen LogP contribution in [0.4, 0.5) is 0 Å². The molecule has 1 aromatic rings. The van der Waals surface area contributed by atoms with Crippen molar-refractivity contribution in [2.45, 2.75) is 46.0 Å². The maximum atomic E-state index is 5.95. The Morgan fingerprint density at radius 3 is 1.94 bits per heavy atom. The number of hydrogen-bond acceptors (Lipinski definition) is 0. The van der Waals surface area contributed by atoms with Gasteiger partial charge in [0, 0.05) is 5.02 Å². The molecular formula is C15H21Cl. The molecular weight excluding hydrogens is 216 g/mol. The van der Waals surface area contributed by atoms with Crippen molar-refractivity contribution < 1.29 is 0 Å². The summed E-state index contributed by atoms with van der Waals surface area (Å²) in [6, 6.07) is 8.35. The monoisotopic (exact) mass is 236 g/mol. The molecule has 0 bridgehead atoms. The number of benzene rings is 1. The van der Waals surface area contributed by atoms with Gasteiger partial charge in [0.05, 0.1) is 0 Å². The van der Waals surface area contributed by atoms with Crippen LogP contribution in [0, 0.1) is 11.3 Å². The maximum Gasteiger partial charge on any atom is 0.0406 e. The predicted molar refractivity (Wildman–Crippen MR) is 71.0 cm³/mol. The fourth-order valence-corrected chi connectivity index (χ4v) is 2.68. The van der Waals surface area contributed by atoms with E-state index in [0.29, 0.717) is 5.41 Å². The molecule has 1 fully saturated rings. The van der Waals surface area contributed by atoms with Gasteiger partial charge in [0.15, 0.2) is 0 Å². The molecule has 0 saturated heterocycles. The van der Waals surface area contributed by atoms with Crippen LogP contribution in [0.15, 0.2) is 24.3 Å². The zero-order chi connectivity index (χ0) is 12.0. The van der Waals surface area contributed by atoms with Gasteiger partial charge in [-0.1, -0.05) is 51.4 Å². The van der Waals surface area contributed by atoms with Crippen LogP contribution in [0.1, 0.15) is 46.1 Å². The van der Waals surface area contributed by atoms with Gasteiger partial charge in [-0.15, -0.1) is 0 Å². The van der Waals surface area contributed by atoms with Crippen molar-refractivity contribution in [3.63, 3.8) is 0 Å². The summed E-state index contributed by atoms with van der Waals surface area (Å²) in [4.78, 5) is 0. The van der Waals surface area contributed by atoms with E-state index < -0.39 is 0 Å². The molecule has 1 saturated carbocycles. The first-order valence-electron chi connectivity index (χ1n) is 6.12. The lowest BCUT2D eigenvalue weighted by atomic mass is 9.61. The van der Waals surface area contributed by atoms with Gasteiger partial charge in [0.25, 0.3) is 0 Å². The normalized spacial score (nSPS) is 17.6. The summed E-state index contributed by atoms with van der Waals surface area (Å²) in [7, 11) is 0. The highest BCUT2D eigenvalue weighted by Crippen LogP contribution is 2.55. The average Bonchev–Trinajstić information content (AvgIpc) is 3.01. The van der Waals surface area contributed by atoms with E-state index in [-0.39, 0.29) is 5.41 Å². The van der Waals surface area contributed by atoms with Crippen molar-refractivity contribution >= 4 is 11.6 Å². The summed E-state index contributed by atoms with van der Waals surface area (Å²) in [6.45, 7) is 9.52. The molecule has 1 aliphatic rings. The highest BCUT2D eigenvalue weighted by molar-refractivity contribution is 6.30. The van der Waals surface area contributed by atoms with Gasteiger partial charge >= 0.3 is 0 Å². The molecule has 0 amide bonds.